The van der Waals surface area contributed by atoms with E-state index in [-0.39, 0.29) is 24.6 Å². The van der Waals surface area contributed by atoms with Crippen molar-refractivity contribution in [3.05, 3.63) is 95.8 Å². The van der Waals surface area contributed by atoms with E-state index >= 15 is 0 Å². The first-order valence-electron chi connectivity index (χ1n) is 12.8. The van der Waals surface area contributed by atoms with Gasteiger partial charge in [-0.1, -0.05) is 48.5 Å². The predicted molar refractivity (Wildman–Crippen MR) is 154 cm³/mol. The van der Waals surface area contributed by atoms with E-state index in [0.717, 1.165) is 16.1 Å². The Balaban J connectivity index is 2.07. The molecule has 0 radical (unpaired) electrons. The maximum absolute atomic E-state index is 14.0. The van der Waals surface area contributed by atoms with Crippen molar-refractivity contribution >= 4 is 27.5 Å². The standard InChI is InChI=1S/C30H36FN3O5S/c1-30(2,3)32-29(36)27(18-22-10-7-6-8-11-22)33(20-23-14-16-24(31)17-15-23)28(35)21-34(40(5,37)38)25-12-9-13-26(19-25)39-4/h6-17,19,27H,18,20-21H2,1-5H3,(H,32,36)/t27-/m0/s1. The van der Waals surface area contributed by atoms with Gasteiger partial charge >= 0.3 is 0 Å². The van der Waals surface area contributed by atoms with Crippen molar-refractivity contribution < 1.29 is 27.1 Å². The second kappa shape index (κ2) is 13.0. The molecule has 1 N–H and O–H groups in total. The van der Waals surface area contributed by atoms with Crippen LogP contribution in [-0.2, 0) is 32.6 Å². The van der Waals surface area contributed by atoms with E-state index in [1.165, 1.54) is 42.3 Å². The molecule has 10 heteroatoms. The van der Waals surface area contributed by atoms with Gasteiger partial charge in [-0.2, -0.15) is 0 Å². The van der Waals surface area contributed by atoms with Crippen LogP contribution in [0.1, 0.15) is 31.9 Å². The minimum atomic E-state index is -3.90. The molecule has 3 aromatic carbocycles. The van der Waals surface area contributed by atoms with Crippen molar-refractivity contribution in [2.24, 2.45) is 0 Å². The maximum atomic E-state index is 14.0. The number of nitrogens with one attached hydrogen (secondary N) is 1. The average molecular weight is 570 g/mol. The molecule has 0 saturated heterocycles. The number of sulfonamides is 1. The number of hydrogen-bond donors (Lipinski definition) is 1. The lowest BCUT2D eigenvalue weighted by Gasteiger charge is -2.35. The van der Waals surface area contributed by atoms with Gasteiger partial charge in [0, 0.05) is 24.6 Å². The summed E-state index contributed by atoms with van der Waals surface area (Å²) in [5.74, 6) is -0.996. The zero-order valence-electron chi connectivity index (χ0n) is 23.4. The zero-order valence-corrected chi connectivity index (χ0v) is 24.2. The van der Waals surface area contributed by atoms with E-state index in [0.29, 0.717) is 11.3 Å². The van der Waals surface area contributed by atoms with E-state index < -0.39 is 39.9 Å². The van der Waals surface area contributed by atoms with Gasteiger partial charge in [0.25, 0.3) is 0 Å². The minimum absolute atomic E-state index is 0.0378. The Bertz CT molecular complexity index is 1410. The Morgan fingerprint density at radius 1 is 0.950 bits per heavy atom. The topological polar surface area (TPSA) is 96.0 Å². The summed E-state index contributed by atoms with van der Waals surface area (Å²) in [4.78, 5) is 29.1. The lowest BCUT2D eigenvalue weighted by Crippen LogP contribution is -2.56. The fourth-order valence-electron chi connectivity index (χ4n) is 4.17. The minimum Gasteiger partial charge on any atom is -0.497 e. The molecule has 0 fully saturated rings. The molecule has 0 unspecified atom stereocenters. The number of methoxy groups -OCH3 is 1. The molecule has 0 bridgehead atoms. The normalized spacial score (nSPS) is 12.3. The lowest BCUT2D eigenvalue weighted by atomic mass is 10.0. The third kappa shape index (κ3) is 8.81. The van der Waals surface area contributed by atoms with Crippen molar-refractivity contribution in [1.82, 2.24) is 10.2 Å². The smallest absolute Gasteiger partial charge is 0.244 e. The van der Waals surface area contributed by atoms with Gasteiger partial charge in [0.05, 0.1) is 19.1 Å². The number of nitrogens with zero attached hydrogens (tertiary/aromatic N) is 2. The predicted octanol–water partition coefficient (Wildman–Crippen LogP) is 4.16. The molecule has 0 aliphatic carbocycles. The van der Waals surface area contributed by atoms with Crippen molar-refractivity contribution in [3.63, 3.8) is 0 Å². The molecule has 0 aliphatic rings. The molecule has 40 heavy (non-hydrogen) atoms. The monoisotopic (exact) mass is 569 g/mol. The average Bonchev–Trinajstić information content (AvgIpc) is 2.89. The van der Waals surface area contributed by atoms with Crippen molar-refractivity contribution in [3.8, 4) is 5.75 Å². The van der Waals surface area contributed by atoms with Gasteiger partial charge in [0.2, 0.25) is 21.8 Å². The van der Waals surface area contributed by atoms with Gasteiger partial charge in [-0.05, 0) is 56.2 Å². The van der Waals surface area contributed by atoms with Crippen LogP contribution in [0.4, 0.5) is 10.1 Å². The van der Waals surface area contributed by atoms with Crippen LogP contribution in [-0.4, -0.2) is 56.6 Å². The summed E-state index contributed by atoms with van der Waals surface area (Å²) in [5.41, 5.74) is 1.07. The summed E-state index contributed by atoms with van der Waals surface area (Å²) >= 11 is 0. The number of ether oxygens (including phenoxy) is 1. The summed E-state index contributed by atoms with van der Waals surface area (Å²) < 4.78 is 45.6. The maximum Gasteiger partial charge on any atom is 0.244 e. The molecular weight excluding hydrogens is 533 g/mol. The number of halogens is 1. The van der Waals surface area contributed by atoms with Crippen LogP contribution < -0.4 is 14.4 Å². The van der Waals surface area contributed by atoms with Gasteiger partial charge in [0.15, 0.2) is 0 Å². The van der Waals surface area contributed by atoms with E-state index in [1.54, 1.807) is 18.2 Å². The molecular formula is C30H36FN3O5S. The second-order valence-corrected chi connectivity index (χ2v) is 12.5. The highest BCUT2D eigenvalue weighted by atomic mass is 32.2. The molecule has 0 aromatic heterocycles. The number of rotatable bonds is 11. The second-order valence-electron chi connectivity index (χ2n) is 10.6. The Kier molecular flexibility index (Phi) is 9.92. The molecule has 8 nitrogen and oxygen atoms in total. The number of carbonyl (C=O) groups is 2. The molecule has 0 aliphatic heterocycles. The highest BCUT2D eigenvalue weighted by Crippen LogP contribution is 2.24. The van der Waals surface area contributed by atoms with Gasteiger partial charge in [-0.25, -0.2) is 12.8 Å². The summed E-state index contributed by atoms with van der Waals surface area (Å²) in [7, 11) is -2.44. The molecule has 3 aromatic rings. The van der Waals surface area contributed by atoms with Crippen LogP contribution in [0.5, 0.6) is 5.75 Å². The summed E-state index contributed by atoms with van der Waals surface area (Å²) in [6.07, 6.45) is 1.20. The summed E-state index contributed by atoms with van der Waals surface area (Å²) in [6.45, 7) is 4.92. The highest BCUT2D eigenvalue weighted by Gasteiger charge is 2.34. The van der Waals surface area contributed by atoms with Gasteiger partial charge in [-0.3, -0.25) is 13.9 Å². The molecule has 214 valence electrons. The number of amides is 2. The summed E-state index contributed by atoms with van der Waals surface area (Å²) in [6, 6.07) is 20.3. The van der Waals surface area contributed by atoms with Gasteiger partial charge in [0.1, 0.15) is 24.2 Å². The Morgan fingerprint density at radius 3 is 2.17 bits per heavy atom. The zero-order chi connectivity index (χ0) is 29.5. The van der Waals surface area contributed by atoms with Crippen LogP contribution >= 0.6 is 0 Å². The van der Waals surface area contributed by atoms with E-state index in [4.69, 9.17) is 4.74 Å². The first kappa shape index (κ1) is 30.6. The molecule has 0 saturated carbocycles. The Labute approximate surface area is 235 Å². The van der Waals surface area contributed by atoms with Crippen molar-refractivity contribution in [2.45, 2.75) is 45.3 Å². The molecule has 1 atom stereocenters. The van der Waals surface area contributed by atoms with E-state index in [9.17, 15) is 22.4 Å². The number of hydrogen-bond acceptors (Lipinski definition) is 5. The molecule has 2 amide bonds. The quantitative estimate of drug-likeness (QED) is 0.374. The van der Waals surface area contributed by atoms with Crippen LogP contribution in [0.15, 0.2) is 78.9 Å². The first-order chi connectivity index (χ1) is 18.8. The molecule has 0 spiro atoms. The first-order valence-corrected chi connectivity index (χ1v) is 14.6. The third-order valence-corrected chi connectivity index (χ3v) is 7.20. The molecule has 3 rings (SSSR count). The number of carbonyl (C=O) groups excluding carboxylic acids is 2. The third-order valence-electron chi connectivity index (χ3n) is 6.06. The van der Waals surface area contributed by atoms with Crippen molar-refractivity contribution in [2.75, 3.05) is 24.2 Å². The highest BCUT2D eigenvalue weighted by molar-refractivity contribution is 7.92. The van der Waals surface area contributed by atoms with Crippen molar-refractivity contribution in [1.29, 1.82) is 0 Å². The van der Waals surface area contributed by atoms with Crippen LogP contribution in [0.2, 0.25) is 0 Å². The Morgan fingerprint density at radius 2 is 1.60 bits per heavy atom. The largest absolute Gasteiger partial charge is 0.497 e. The number of benzene rings is 3. The SMILES string of the molecule is COc1cccc(N(CC(=O)N(Cc2ccc(F)cc2)[C@@H](Cc2ccccc2)C(=O)NC(C)(C)C)S(C)(=O)=O)c1. The van der Waals surface area contributed by atoms with Gasteiger partial charge in [-0.15, -0.1) is 0 Å². The van der Waals surface area contributed by atoms with E-state index in [2.05, 4.69) is 5.32 Å². The molecule has 0 heterocycles. The lowest BCUT2D eigenvalue weighted by molar-refractivity contribution is -0.140. The summed E-state index contributed by atoms with van der Waals surface area (Å²) in [5, 5.41) is 2.96. The van der Waals surface area contributed by atoms with Crippen LogP contribution in [0.3, 0.4) is 0 Å². The van der Waals surface area contributed by atoms with Gasteiger partial charge < -0.3 is 15.0 Å². The van der Waals surface area contributed by atoms with E-state index in [1.807, 2.05) is 51.1 Å². The fraction of sp³-hybridized carbons (Fsp3) is 0.333. The Hall–Kier alpha value is -3.92. The fourth-order valence-corrected chi connectivity index (χ4v) is 5.01. The number of anilines is 1. The van der Waals surface area contributed by atoms with Crippen LogP contribution in [0, 0.1) is 5.82 Å². The van der Waals surface area contributed by atoms with Crippen LogP contribution in [0.25, 0.3) is 0 Å².